The number of carbonyl (C=O) groups is 2. The van der Waals surface area contributed by atoms with Crippen molar-refractivity contribution in [2.24, 2.45) is 5.73 Å². The average molecular weight is 468 g/mol. The van der Waals surface area contributed by atoms with E-state index in [0.29, 0.717) is 10.6 Å². The Morgan fingerprint density at radius 1 is 1.27 bits per heavy atom. The molecule has 114 valence electrons. The van der Waals surface area contributed by atoms with Gasteiger partial charge in [0.25, 0.3) is 11.8 Å². The number of halogens is 3. The van der Waals surface area contributed by atoms with Crippen LogP contribution in [0.25, 0.3) is 0 Å². The molecule has 2 rings (SSSR count). The van der Waals surface area contributed by atoms with Gasteiger partial charge in [-0.3, -0.25) is 15.0 Å². The van der Waals surface area contributed by atoms with Crippen LogP contribution in [-0.4, -0.2) is 15.5 Å². The molecule has 0 aliphatic carbocycles. The van der Waals surface area contributed by atoms with E-state index < -0.39 is 11.8 Å². The number of benzene rings is 1. The first-order chi connectivity index (χ1) is 10.3. The molecule has 2 amide bonds. The fourth-order valence-corrected chi connectivity index (χ4v) is 3.66. The second-order valence-electron chi connectivity index (χ2n) is 4.08. The van der Waals surface area contributed by atoms with Gasteiger partial charge in [0, 0.05) is 0 Å². The van der Waals surface area contributed by atoms with Gasteiger partial charge in [-0.25, -0.2) is 0 Å². The molecule has 0 saturated heterocycles. The summed E-state index contributed by atoms with van der Waals surface area (Å²) >= 11 is 14.8. The Morgan fingerprint density at radius 3 is 2.36 bits per heavy atom. The Morgan fingerprint density at radius 2 is 1.86 bits per heavy atom. The maximum absolute atomic E-state index is 12.3. The molecule has 4 N–H and O–H groups in total. The molecule has 1 heterocycles. The SMILES string of the molecule is N=C(I)c1sc(C(N)=O)cc1NC(=O)c1c(Cl)cccc1Cl. The molecule has 0 aliphatic rings. The first kappa shape index (κ1) is 17.2. The van der Waals surface area contributed by atoms with Crippen LogP contribution in [0.15, 0.2) is 24.3 Å². The van der Waals surface area contributed by atoms with Gasteiger partial charge in [-0.05, 0) is 40.8 Å². The van der Waals surface area contributed by atoms with Crippen LogP contribution in [0, 0.1) is 5.41 Å². The van der Waals surface area contributed by atoms with E-state index in [9.17, 15) is 9.59 Å². The van der Waals surface area contributed by atoms with E-state index in [-0.39, 0.29) is 24.2 Å². The van der Waals surface area contributed by atoms with Crippen LogP contribution in [0.1, 0.15) is 24.9 Å². The van der Waals surface area contributed by atoms with Gasteiger partial charge in [-0.1, -0.05) is 29.3 Å². The number of anilines is 1. The molecule has 5 nitrogen and oxygen atoms in total. The predicted molar refractivity (Wildman–Crippen MR) is 98.1 cm³/mol. The highest BCUT2D eigenvalue weighted by Crippen LogP contribution is 2.31. The van der Waals surface area contributed by atoms with Gasteiger partial charge < -0.3 is 11.1 Å². The van der Waals surface area contributed by atoms with Crippen LogP contribution < -0.4 is 11.1 Å². The fraction of sp³-hybridized carbons (Fsp3) is 0. The van der Waals surface area contributed by atoms with Crippen LogP contribution in [0.4, 0.5) is 5.69 Å². The minimum atomic E-state index is -0.625. The number of amides is 2. The molecule has 1 aromatic carbocycles. The topological polar surface area (TPSA) is 96.0 Å². The first-order valence-electron chi connectivity index (χ1n) is 5.74. The largest absolute Gasteiger partial charge is 0.365 e. The molecule has 0 bridgehead atoms. The Bertz CT molecular complexity index is 771. The minimum absolute atomic E-state index is 0.128. The highest BCUT2D eigenvalue weighted by atomic mass is 127. The van der Waals surface area contributed by atoms with E-state index >= 15 is 0 Å². The van der Waals surface area contributed by atoms with Crippen LogP contribution in [0.2, 0.25) is 10.0 Å². The number of thiophene rings is 1. The number of hydrogen-bond donors (Lipinski definition) is 3. The number of carbonyl (C=O) groups excluding carboxylic acids is 2. The Kier molecular flexibility index (Phi) is 5.43. The van der Waals surface area contributed by atoms with Crippen molar-refractivity contribution in [1.29, 1.82) is 5.41 Å². The summed E-state index contributed by atoms with van der Waals surface area (Å²) in [6.45, 7) is 0. The maximum atomic E-state index is 12.3. The zero-order chi connectivity index (χ0) is 16.4. The fourth-order valence-electron chi connectivity index (χ4n) is 1.67. The van der Waals surface area contributed by atoms with Crippen LogP contribution in [0.5, 0.6) is 0 Å². The molecule has 0 aliphatic heterocycles. The van der Waals surface area contributed by atoms with E-state index in [1.54, 1.807) is 40.8 Å². The molecule has 9 heteroatoms. The third-order valence-corrected chi connectivity index (χ3v) is 5.31. The third-order valence-electron chi connectivity index (χ3n) is 2.61. The number of nitrogens with one attached hydrogen (secondary N) is 2. The molecule has 0 spiro atoms. The lowest BCUT2D eigenvalue weighted by molar-refractivity contribution is 0.0999. The molecule has 0 fully saturated rings. The van der Waals surface area contributed by atoms with E-state index in [1.807, 2.05) is 0 Å². The highest BCUT2D eigenvalue weighted by molar-refractivity contribution is 14.1. The van der Waals surface area contributed by atoms with Crippen molar-refractivity contribution in [3.8, 4) is 0 Å². The smallest absolute Gasteiger partial charge is 0.258 e. The summed E-state index contributed by atoms with van der Waals surface area (Å²) < 4.78 is 0.177. The summed E-state index contributed by atoms with van der Waals surface area (Å²) in [6.07, 6.45) is 0. The summed E-state index contributed by atoms with van der Waals surface area (Å²) in [7, 11) is 0. The van der Waals surface area contributed by atoms with Gasteiger partial charge in [0.2, 0.25) is 0 Å². The summed E-state index contributed by atoms with van der Waals surface area (Å²) in [6, 6.07) is 6.15. The van der Waals surface area contributed by atoms with Crippen LogP contribution >= 0.6 is 57.1 Å². The molecule has 22 heavy (non-hydrogen) atoms. The third kappa shape index (κ3) is 3.60. The van der Waals surface area contributed by atoms with Gasteiger partial charge in [-0.2, -0.15) is 0 Å². The summed E-state index contributed by atoms with van der Waals surface area (Å²) in [4.78, 5) is 24.3. The number of primary amides is 1. The first-order valence-corrected chi connectivity index (χ1v) is 8.39. The van der Waals surface area contributed by atoms with Crippen molar-refractivity contribution in [3.63, 3.8) is 0 Å². The van der Waals surface area contributed by atoms with Gasteiger partial charge >= 0.3 is 0 Å². The number of rotatable bonds is 4. The molecule has 0 saturated carbocycles. The zero-order valence-electron chi connectivity index (χ0n) is 10.7. The summed E-state index contributed by atoms with van der Waals surface area (Å²) in [5.41, 5.74) is 5.68. The molecule has 1 aromatic heterocycles. The van der Waals surface area contributed by atoms with Gasteiger partial charge in [0.05, 0.1) is 31.1 Å². The lowest BCUT2D eigenvalue weighted by atomic mass is 10.2. The number of hydrogen-bond acceptors (Lipinski definition) is 4. The van der Waals surface area contributed by atoms with Crippen LogP contribution in [0.3, 0.4) is 0 Å². The lowest BCUT2D eigenvalue weighted by Gasteiger charge is -2.08. The highest BCUT2D eigenvalue weighted by Gasteiger charge is 2.20. The van der Waals surface area contributed by atoms with Crippen molar-refractivity contribution >= 4 is 78.3 Å². The van der Waals surface area contributed by atoms with E-state index in [1.165, 1.54) is 6.07 Å². The second-order valence-corrected chi connectivity index (χ2v) is 7.03. The number of nitrogens with two attached hydrogens (primary N) is 1. The van der Waals surface area contributed by atoms with E-state index in [0.717, 1.165) is 11.3 Å². The second kappa shape index (κ2) is 6.95. The average Bonchev–Trinajstić information content (AvgIpc) is 2.82. The van der Waals surface area contributed by atoms with Crippen molar-refractivity contribution < 1.29 is 9.59 Å². The Balaban J connectivity index is 2.40. The summed E-state index contributed by atoms with van der Waals surface area (Å²) in [5.74, 6) is -1.15. The molecule has 0 radical (unpaired) electrons. The zero-order valence-corrected chi connectivity index (χ0v) is 15.2. The van der Waals surface area contributed by atoms with Crippen molar-refractivity contribution in [1.82, 2.24) is 0 Å². The van der Waals surface area contributed by atoms with Crippen molar-refractivity contribution in [2.45, 2.75) is 0 Å². The van der Waals surface area contributed by atoms with Gasteiger partial charge in [0.15, 0.2) is 0 Å². The summed E-state index contributed by atoms with van der Waals surface area (Å²) in [5, 5.41) is 10.7. The normalized spacial score (nSPS) is 10.3. The standard InChI is InChI=1S/C13H8Cl2IN3O2S/c14-5-2-1-3-6(15)9(5)13(21)19-7-4-8(12(18)20)22-10(7)11(16)17/h1-4,17H,(H2,18,20)(H,19,21). The van der Waals surface area contributed by atoms with E-state index in [2.05, 4.69) is 5.32 Å². The molecular formula is C13H8Cl2IN3O2S. The molecule has 2 aromatic rings. The van der Waals surface area contributed by atoms with Crippen molar-refractivity contribution in [2.75, 3.05) is 5.32 Å². The quantitative estimate of drug-likeness (QED) is 0.464. The molecular weight excluding hydrogens is 460 g/mol. The minimum Gasteiger partial charge on any atom is -0.365 e. The predicted octanol–water partition coefficient (Wildman–Crippen LogP) is 4.17. The van der Waals surface area contributed by atoms with Gasteiger partial charge in [0.1, 0.15) is 3.72 Å². The Labute approximate surface area is 153 Å². The monoisotopic (exact) mass is 467 g/mol. The molecule has 0 atom stereocenters. The van der Waals surface area contributed by atoms with E-state index in [4.69, 9.17) is 34.3 Å². The van der Waals surface area contributed by atoms with Crippen molar-refractivity contribution in [3.05, 3.63) is 49.6 Å². The Hall–Kier alpha value is -1.16. The van der Waals surface area contributed by atoms with Gasteiger partial charge in [-0.15, -0.1) is 11.3 Å². The van der Waals surface area contributed by atoms with Crippen LogP contribution in [-0.2, 0) is 0 Å². The maximum Gasteiger partial charge on any atom is 0.258 e. The molecule has 0 unspecified atom stereocenters. The lowest BCUT2D eigenvalue weighted by Crippen LogP contribution is -2.14.